The number of esters is 1. The van der Waals surface area contributed by atoms with Crippen LogP contribution in [0.2, 0.25) is 0 Å². The van der Waals surface area contributed by atoms with E-state index in [4.69, 9.17) is 9.47 Å². The quantitative estimate of drug-likeness (QED) is 0.307. The van der Waals surface area contributed by atoms with Crippen LogP contribution in [-0.4, -0.2) is 67.3 Å². The first kappa shape index (κ1) is 31.4. The summed E-state index contributed by atoms with van der Waals surface area (Å²) in [6.07, 6.45) is -2.39. The Labute approximate surface area is 239 Å². The first-order valence-electron chi connectivity index (χ1n) is 12.8. The lowest BCUT2D eigenvalue weighted by Crippen LogP contribution is -2.64. The minimum atomic E-state index is -4.27. The highest BCUT2D eigenvalue weighted by Crippen LogP contribution is 2.30. The largest absolute Gasteiger partial charge is 0.464 e. The van der Waals surface area contributed by atoms with Crippen LogP contribution in [0.4, 0.5) is 9.59 Å². The molecule has 0 unspecified atom stereocenters. The number of pyridine rings is 1. The second-order valence-corrected chi connectivity index (χ2v) is 14.1. The molecular formula is C28H36N4O8S. The lowest BCUT2D eigenvalue weighted by atomic mass is 10.1. The molecule has 2 aromatic heterocycles. The summed E-state index contributed by atoms with van der Waals surface area (Å²) in [5.74, 6) is -1.13. The van der Waals surface area contributed by atoms with Gasteiger partial charge < -0.3 is 14.6 Å². The normalized spacial score (nSPS) is 12.6. The van der Waals surface area contributed by atoms with Crippen molar-refractivity contribution in [2.45, 2.75) is 83.9 Å². The van der Waals surface area contributed by atoms with Crippen LogP contribution in [-0.2, 0) is 14.8 Å². The van der Waals surface area contributed by atoms with E-state index in [0.717, 1.165) is 14.0 Å². The molecule has 13 heteroatoms. The Hall–Kier alpha value is -4.13. The summed E-state index contributed by atoms with van der Waals surface area (Å²) in [6, 6.07) is 11.4. The van der Waals surface area contributed by atoms with Crippen LogP contribution in [0.25, 0.3) is 11.0 Å². The molecule has 0 atom stereocenters. The molecule has 1 aromatic carbocycles. The fourth-order valence-electron chi connectivity index (χ4n) is 3.99. The van der Waals surface area contributed by atoms with Crippen molar-refractivity contribution in [3.05, 3.63) is 54.2 Å². The van der Waals surface area contributed by atoms with Crippen LogP contribution < -0.4 is 4.74 Å². The van der Waals surface area contributed by atoms with Crippen molar-refractivity contribution in [1.29, 1.82) is 0 Å². The van der Waals surface area contributed by atoms with Gasteiger partial charge in [0.15, 0.2) is 0 Å². The van der Waals surface area contributed by atoms with Crippen LogP contribution in [0, 0.1) is 0 Å². The van der Waals surface area contributed by atoms with Gasteiger partial charge in [-0.05, 0) is 86.6 Å². The molecule has 12 nitrogen and oxygen atoms in total. The third kappa shape index (κ3) is 6.79. The zero-order valence-electron chi connectivity index (χ0n) is 24.6. The summed E-state index contributed by atoms with van der Waals surface area (Å²) in [5, 5.41) is 11.7. The lowest BCUT2D eigenvalue weighted by molar-refractivity contribution is -0.0918. The molecule has 3 aromatic rings. The number of rotatable bonds is 4. The first-order valence-corrected chi connectivity index (χ1v) is 14.2. The lowest BCUT2D eigenvalue weighted by Gasteiger charge is -2.46. The summed E-state index contributed by atoms with van der Waals surface area (Å²) in [6.45, 7) is 14.8. The van der Waals surface area contributed by atoms with Crippen LogP contribution >= 0.6 is 0 Å². The van der Waals surface area contributed by atoms with Crippen LogP contribution in [0.1, 0.15) is 72.8 Å². The maximum absolute atomic E-state index is 13.7. The molecule has 0 bridgehead atoms. The Balaban J connectivity index is 2.15. The molecule has 3 rings (SSSR count). The number of hydrazine groups is 1. The number of carbonyl (C=O) groups is 3. The van der Waals surface area contributed by atoms with E-state index in [9.17, 15) is 27.9 Å². The number of fused-ring (bicyclic) bond motifs is 1. The van der Waals surface area contributed by atoms with Crippen molar-refractivity contribution in [1.82, 2.24) is 19.0 Å². The van der Waals surface area contributed by atoms with Crippen molar-refractivity contribution < 1.29 is 37.4 Å². The van der Waals surface area contributed by atoms with Gasteiger partial charge in [0.25, 0.3) is 10.0 Å². The molecule has 0 saturated heterocycles. The van der Waals surface area contributed by atoms with Gasteiger partial charge in [0.2, 0.25) is 5.88 Å². The standard InChI is InChI=1S/C28H36N4O8S/c1-26(2,3)31(24(34)35)32(27(4,5)6)25(36)39-22-16-15-20-19(29-22)17-21(23(33)40-28(7,8)9)30(20)41(37,38)18-13-11-10-12-14-18/h10-17H,1-9H3,(H,34,35). The average molecular weight is 589 g/mol. The second kappa shape index (κ2) is 10.7. The molecule has 0 aliphatic heterocycles. The Morgan fingerprint density at radius 2 is 1.41 bits per heavy atom. The molecule has 0 fully saturated rings. The van der Waals surface area contributed by atoms with Gasteiger partial charge in [-0.15, -0.1) is 0 Å². The maximum atomic E-state index is 13.7. The highest BCUT2D eigenvalue weighted by molar-refractivity contribution is 7.90. The zero-order valence-corrected chi connectivity index (χ0v) is 25.4. The number of carbonyl (C=O) groups excluding carboxylic acids is 2. The van der Waals surface area contributed by atoms with Gasteiger partial charge in [-0.3, -0.25) is 0 Å². The van der Waals surface area contributed by atoms with Crippen molar-refractivity contribution in [3.8, 4) is 5.88 Å². The minimum absolute atomic E-state index is 0.0314. The predicted octanol–water partition coefficient (Wildman–Crippen LogP) is 5.52. The number of hydrogen-bond acceptors (Lipinski definition) is 8. The first-order chi connectivity index (χ1) is 18.6. The fourth-order valence-corrected chi connectivity index (χ4v) is 5.50. The van der Waals surface area contributed by atoms with Crippen molar-refractivity contribution in [2.75, 3.05) is 0 Å². The fraction of sp³-hybridized carbons (Fsp3) is 0.429. The van der Waals surface area contributed by atoms with Gasteiger partial charge in [0.1, 0.15) is 11.3 Å². The molecule has 2 amide bonds. The molecular weight excluding hydrogens is 552 g/mol. The zero-order chi connectivity index (χ0) is 31.1. The van der Waals surface area contributed by atoms with Crippen molar-refractivity contribution in [3.63, 3.8) is 0 Å². The number of carboxylic acid groups (broad SMARTS) is 1. The van der Waals surface area contributed by atoms with Crippen LogP contribution in [0.3, 0.4) is 0 Å². The van der Waals surface area contributed by atoms with E-state index >= 15 is 0 Å². The smallest absolute Gasteiger partial charge is 0.436 e. The monoisotopic (exact) mass is 588 g/mol. The molecule has 1 N–H and O–H groups in total. The van der Waals surface area contributed by atoms with Gasteiger partial charge in [-0.25, -0.2) is 41.8 Å². The van der Waals surface area contributed by atoms with Gasteiger partial charge in [0.05, 0.1) is 27.0 Å². The Morgan fingerprint density at radius 3 is 1.90 bits per heavy atom. The number of ether oxygens (including phenoxy) is 2. The Morgan fingerprint density at radius 1 is 0.854 bits per heavy atom. The molecule has 0 radical (unpaired) electrons. The molecule has 0 spiro atoms. The van der Waals surface area contributed by atoms with E-state index in [1.54, 1.807) is 80.5 Å². The molecule has 0 aliphatic rings. The Bertz CT molecular complexity index is 1580. The van der Waals surface area contributed by atoms with E-state index in [0.29, 0.717) is 0 Å². The van der Waals surface area contributed by atoms with Crippen LogP contribution in [0.15, 0.2) is 53.4 Å². The van der Waals surface area contributed by atoms with E-state index in [1.807, 2.05) is 0 Å². The number of benzene rings is 1. The van der Waals surface area contributed by atoms with Gasteiger partial charge in [0, 0.05) is 6.07 Å². The second-order valence-electron chi connectivity index (χ2n) is 12.3. The highest BCUT2D eigenvalue weighted by Gasteiger charge is 2.42. The summed E-state index contributed by atoms with van der Waals surface area (Å²) in [4.78, 5) is 42.8. The molecule has 222 valence electrons. The van der Waals surface area contributed by atoms with E-state index < -0.39 is 44.9 Å². The molecule has 0 saturated carbocycles. The number of hydrogen-bond donors (Lipinski definition) is 1. The average Bonchev–Trinajstić information content (AvgIpc) is 3.20. The van der Waals surface area contributed by atoms with Crippen LogP contribution in [0.5, 0.6) is 5.88 Å². The molecule has 41 heavy (non-hydrogen) atoms. The predicted molar refractivity (Wildman–Crippen MR) is 151 cm³/mol. The van der Waals surface area contributed by atoms with Gasteiger partial charge in [-0.1, -0.05) is 18.2 Å². The van der Waals surface area contributed by atoms with Gasteiger partial charge >= 0.3 is 18.2 Å². The summed E-state index contributed by atoms with van der Waals surface area (Å²) in [7, 11) is -4.27. The van der Waals surface area contributed by atoms with E-state index in [2.05, 4.69) is 4.98 Å². The van der Waals surface area contributed by atoms with Crippen molar-refractivity contribution in [2.24, 2.45) is 0 Å². The molecule has 0 aliphatic carbocycles. The summed E-state index contributed by atoms with van der Waals surface area (Å²) >= 11 is 0. The maximum Gasteiger partial charge on any atom is 0.436 e. The number of amides is 2. The topological polar surface area (TPSA) is 148 Å². The summed E-state index contributed by atoms with van der Waals surface area (Å²) < 4.78 is 39.1. The SMILES string of the molecule is CC(C)(C)OC(=O)c1cc2nc(OC(=O)N(N(C(=O)O)C(C)(C)C)C(C)(C)C)ccc2n1S(=O)(=O)c1ccccc1. The van der Waals surface area contributed by atoms with E-state index in [1.165, 1.54) is 30.3 Å². The molecule has 2 heterocycles. The minimum Gasteiger partial charge on any atom is -0.464 e. The van der Waals surface area contributed by atoms with Gasteiger partial charge in [-0.2, -0.15) is 0 Å². The number of aromatic nitrogens is 2. The van der Waals surface area contributed by atoms with Crippen molar-refractivity contribution >= 4 is 39.2 Å². The number of nitrogens with zero attached hydrogens (tertiary/aromatic N) is 4. The third-order valence-corrected chi connectivity index (χ3v) is 7.24. The highest BCUT2D eigenvalue weighted by atomic mass is 32.2. The van der Waals surface area contributed by atoms with E-state index in [-0.39, 0.29) is 27.5 Å². The Kier molecular flexibility index (Phi) is 8.19. The third-order valence-electron chi connectivity index (χ3n) is 5.49. The summed E-state index contributed by atoms with van der Waals surface area (Å²) in [5.41, 5.74) is -3.14.